The Balaban J connectivity index is 0.000000220. The van der Waals surface area contributed by atoms with Crippen LogP contribution in [0.3, 0.4) is 0 Å². The monoisotopic (exact) mass is 560 g/mol. The van der Waals surface area contributed by atoms with Gasteiger partial charge in [0.05, 0.1) is 24.6 Å². The summed E-state index contributed by atoms with van der Waals surface area (Å²) in [4.78, 5) is 13.1. The summed E-state index contributed by atoms with van der Waals surface area (Å²) in [6, 6.07) is 29.8. The van der Waals surface area contributed by atoms with Crippen LogP contribution in [0.5, 0.6) is 0 Å². The Morgan fingerprint density at radius 2 is 1.32 bits per heavy atom. The van der Waals surface area contributed by atoms with Gasteiger partial charge < -0.3 is 19.3 Å². The second kappa shape index (κ2) is 16.2. The molecule has 2 aromatic heterocycles. The largest absolute Gasteiger partial charge is 0.366 e. The quantitative estimate of drug-likeness (QED) is 0.202. The number of likely N-dealkylation sites (N-methyl/N-ethyl adjacent to an activating group) is 2. The second-order valence-corrected chi connectivity index (χ2v) is 10.6. The van der Waals surface area contributed by atoms with Gasteiger partial charge in [0.1, 0.15) is 11.7 Å². The van der Waals surface area contributed by atoms with Crippen LogP contribution >= 0.6 is 11.6 Å². The number of aromatic nitrogens is 2. The Morgan fingerprint density at radius 1 is 0.725 bits per heavy atom. The molecular formula is C33H41ClN4O2. The Bertz CT molecular complexity index is 1180. The molecule has 7 heteroatoms. The first-order valence-corrected chi connectivity index (χ1v) is 13.9. The number of rotatable bonds is 12. The van der Waals surface area contributed by atoms with Crippen LogP contribution < -0.4 is 0 Å². The van der Waals surface area contributed by atoms with Gasteiger partial charge in [0.15, 0.2) is 0 Å². The van der Waals surface area contributed by atoms with E-state index in [2.05, 4.69) is 38.8 Å². The summed E-state index contributed by atoms with van der Waals surface area (Å²) in [5.74, 6) is 0. The van der Waals surface area contributed by atoms with Crippen LogP contribution in [0.25, 0.3) is 0 Å². The highest BCUT2D eigenvalue weighted by Crippen LogP contribution is 2.31. The summed E-state index contributed by atoms with van der Waals surface area (Å²) < 4.78 is 12.2. The first-order chi connectivity index (χ1) is 19.3. The molecule has 2 aromatic carbocycles. The molecule has 0 fully saturated rings. The van der Waals surface area contributed by atoms with Crippen LogP contribution in [0.1, 0.15) is 35.5 Å². The van der Waals surface area contributed by atoms with E-state index in [9.17, 15) is 0 Å². The molecule has 4 rings (SSSR count). The van der Waals surface area contributed by atoms with Crippen molar-refractivity contribution in [2.45, 2.75) is 18.6 Å². The summed E-state index contributed by atoms with van der Waals surface area (Å²) in [5, 5.41) is 0.724. The van der Waals surface area contributed by atoms with Gasteiger partial charge in [-0.2, -0.15) is 0 Å². The van der Waals surface area contributed by atoms with Crippen molar-refractivity contribution in [1.82, 2.24) is 19.8 Å². The van der Waals surface area contributed by atoms with Gasteiger partial charge in [-0.1, -0.05) is 66.2 Å². The lowest BCUT2D eigenvalue weighted by molar-refractivity contribution is -0.0131. The van der Waals surface area contributed by atoms with E-state index in [4.69, 9.17) is 21.1 Å². The van der Waals surface area contributed by atoms with E-state index in [1.165, 1.54) is 0 Å². The van der Waals surface area contributed by atoms with Crippen LogP contribution in [0.4, 0.5) is 0 Å². The van der Waals surface area contributed by atoms with Crippen molar-refractivity contribution in [2.75, 3.05) is 54.5 Å². The Hall–Kier alpha value is -3.13. The molecule has 212 valence electrons. The SMILES string of the molecule is CN(C)CCOC(C)(c1ccccc1)c1ccccn1.CN(C)CCOC(c1ccc(Cl)cc1)c1ccccn1. The number of benzene rings is 2. The predicted octanol–water partition coefficient (Wildman–Crippen LogP) is 6.33. The van der Waals surface area contributed by atoms with Crippen molar-refractivity contribution in [3.63, 3.8) is 0 Å². The molecule has 0 radical (unpaired) electrons. The number of nitrogens with zero attached hydrogens (tertiary/aromatic N) is 4. The highest BCUT2D eigenvalue weighted by atomic mass is 35.5. The molecule has 0 bridgehead atoms. The third-order valence-corrected chi connectivity index (χ3v) is 6.61. The number of halogens is 1. The molecule has 0 N–H and O–H groups in total. The minimum absolute atomic E-state index is 0.159. The number of pyridine rings is 2. The molecule has 0 aliphatic rings. The summed E-state index contributed by atoms with van der Waals surface area (Å²) in [6.07, 6.45) is 3.44. The third kappa shape index (κ3) is 9.81. The zero-order valence-corrected chi connectivity index (χ0v) is 25.0. The number of ether oxygens (including phenoxy) is 2. The lowest BCUT2D eigenvalue weighted by Crippen LogP contribution is -2.32. The van der Waals surface area contributed by atoms with E-state index in [-0.39, 0.29) is 6.10 Å². The van der Waals surface area contributed by atoms with Gasteiger partial charge in [-0.3, -0.25) is 9.97 Å². The molecule has 2 unspecified atom stereocenters. The van der Waals surface area contributed by atoms with E-state index >= 15 is 0 Å². The molecule has 0 spiro atoms. The van der Waals surface area contributed by atoms with E-state index < -0.39 is 5.60 Å². The lowest BCUT2D eigenvalue weighted by Gasteiger charge is -2.30. The van der Waals surface area contributed by atoms with Crippen LogP contribution in [0.15, 0.2) is 103 Å². The zero-order valence-electron chi connectivity index (χ0n) is 24.2. The van der Waals surface area contributed by atoms with Crippen LogP contribution in [0, 0.1) is 0 Å². The fourth-order valence-corrected chi connectivity index (χ4v) is 4.14. The van der Waals surface area contributed by atoms with Gasteiger partial charge in [0.2, 0.25) is 0 Å². The molecule has 0 aliphatic heterocycles. The summed E-state index contributed by atoms with van der Waals surface area (Å²) in [6.45, 7) is 5.15. The molecule has 0 amide bonds. The van der Waals surface area contributed by atoms with E-state index in [0.717, 1.165) is 40.6 Å². The maximum absolute atomic E-state index is 6.21. The Kier molecular flexibility index (Phi) is 12.7. The average Bonchev–Trinajstić information content (AvgIpc) is 2.97. The van der Waals surface area contributed by atoms with Crippen molar-refractivity contribution < 1.29 is 9.47 Å². The number of hydrogen-bond donors (Lipinski definition) is 0. The van der Waals surface area contributed by atoms with Crippen LogP contribution in [-0.2, 0) is 15.1 Å². The Labute approximate surface area is 244 Å². The standard InChI is InChI=1S/C17H22N2O.C16H19ClN2O/c1-17(20-14-13-19(2)3,15-9-5-4-6-10-15)16-11-7-8-12-18-16;1-19(2)11-12-20-16(15-5-3-4-10-18-15)13-6-8-14(17)9-7-13/h4-12H,13-14H2,1-3H3;3-10,16H,11-12H2,1-2H3. The van der Waals surface area contributed by atoms with Gasteiger partial charge in [-0.05, 0) is 82.6 Å². The molecule has 40 heavy (non-hydrogen) atoms. The van der Waals surface area contributed by atoms with Gasteiger partial charge in [-0.25, -0.2) is 0 Å². The minimum atomic E-state index is -0.515. The number of hydrogen-bond acceptors (Lipinski definition) is 6. The van der Waals surface area contributed by atoms with E-state index in [1.54, 1.807) is 6.20 Å². The van der Waals surface area contributed by atoms with E-state index in [1.807, 2.05) is 113 Å². The zero-order chi connectivity index (χ0) is 28.8. The molecule has 2 atom stereocenters. The fraction of sp³-hybridized carbons (Fsp3) is 0.333. The molecule has 0 saturated heterocycles. The fourth-order valence-electron chi connectivity index (χ4n) is 4.01. The van der Waals surface area contributed by atoms with Crippen molar-refractivity contribution in [1.29, 1.82) is 0 Å². The molecule has 2 heterocycles. The van der Waals surface area contributed by atoms with E-state index in [0.29, 0.717) is 13.2 Å². The van der Waals surface area contributed by atoms with Gasteiger partial charge >= 0.3 is 0 Å². The Morgan fingerprint density at radius 3 is 1.90 bits per heavy atom. The van der Waals surface area contributed by atoms with Crippen molar-refractivity contribution in [3.05, 3.63) is 131 Å². The molecule has 6 nitrogen and oxygen atoms in total. The summed E-state index contributed by atoms with van der Waals surface area (Å²) in [5.41, 5.74) is 3.52. The highest BCUT2D eigenvalue weighted by molar-refractivity contribution is 6.30. The maximum Gasteiger partial charge on any atom is 0.132 e. The summed E-state index contributed by atoms with van der Waals surface area (Å²) >= 11 is 5.95. The molecule has 0 saturated carbocycles. The maximum atomic E-state index is 6.21. The first kappa shape index (κ1) is 31.4. The normalized spacial score (nSPS) is 13.4. The second-order valence-electron chi connectivity index (χ2n) is 10.1. The van der Waals surface area contributed by atoms with Crippen molar-refractivity contribution in [2.24, 2.45) is 0 Å². The van der Waals surface area contributed by atoms with Crippen molar-refractivity contribution in [3.8, 4) is 0 Å². The average molecular weight is 561 g/mol. The summed E-state index contributed by atoms with van der Waals surface area (Å²) in [7, 11) is 8.15. The first-order valence-electron chi connectivity index (χ1n) is 13.5. The minimum Gasteiger partial charge on any atom is -0.366 e. The van der Waals surface area contributed by atoms with Crippen LogP contribution in [0.2, 0.25) is 5.02 Å². The topological polar surface area (TPSA) is 50.7 Å². The molecular weight excluding hydrogens is 520 g/mol. The highest BCUT2D eigenvalue weighted by Gasteiger charge is 2.31. The van der Waals surface area contributed by atoms with Gasteiger partial charge in [-0.15, -0.1) is 0 Å². The smallest absolute Gasteiger partial charge is 0.132 e. The predicted molar refractivity (Wildman–Crippen MR) is 164 cm³/mol. The van der Waals surface area contributed by atoms with Crippen molar-refractivity contribution >= 4 is 11.6 Å². The lowest BCUT2D eigenvalue weighted by atomic mass is 9.91. The molecule has 4 aromatic rings. The van der Waals surface area contributed by atoms with Crippen LogP contribution in [-0.4, -0.2) is 74.3 Å². The van der Waals surface area contributed by atoms with Gasteiger partial charge in [0.25, 0.3) is 0 Å². The van der Waals surface area contributed by atoms with Gasteiger partial charge in [0, 0.05) is 30.5 Å². The third-order valence-electron chi connectivity index (χ3n) is 6.36. The molecule has 0 aliphatic carbocycles.